The molecule has 2 saturated heterocycles. The average molecular weight is 290 g/mol. The van der Waals surface area contributed by atoms with Crippen molar-refractivity contribution in [1.82, 2.24) is 20.0 Å². The third kappa shape index (κ3) is 2.88. The second-order valence-corrected chi connectivity index (χ2v) is 6.84. The molecule has 2 aliphatic heterocycles. The number of rotatable bonds is 4. The lowest BCUT2D eigenvalue weighted by molar-refractivity contribution is 0.162. The highest BCUT2D eigenvalue weighted by Crippen LogP contribution is 2.29. The van der Waals surface area contributed by atoms with Crippen LogP contribution in [0.15, 0.2) is 0 Å². The fraction of sp³-hybridized carbons (Fsp3) is 0.824. The first-order valence-electron chi connectivity index (χ1n) is 8.64. The Balaban J connectivity index is 1.66. The van der Waals surface area contributed by atoms with Crippen LogP contribution in [-0.2, 0) is 6.54 Å². The molecule has 0 aliphatic carbocycles. The molecule has 3 unspecified atom stereocenters. The molecule has 0 aromatic carbocycles. The van der Waals surface area contributed by atoms with Gasteiger partial charge in [-0.3, -0.25) is 4.68 Å². The molecule has 0 radical (unpaired) electrons. The topological polar surface area (TPSA) is 33.1 Å². The molecule has 2 fully saturated rings. The summed E-state index contributed by atoms with van der Waals surface area (Å²) >= 11 is 0. The molecule has 0 spiro atoms. The van der Waals surface area contributed by atoms with Crippen LogP contribution < -0.4 is 5.32 Å². The number of hydrogen-bond acceptors (Lipinski definition) is 3. The van der Waals surface area contributed by atoms with Crippen LogP contribution >= 0.6 is 0 Å². The molecule has 0 amide bonds. The summed E-state index contributed by atoms with van der Waals surface area (Å²) in [6, 6.07) is 1.91. The molecule has 1 aromatic heterocycles. The van der Waals surface area contributed by atoms with Crippen molar-refractivity contribution in [3.63, 3.8) is 0 Å². The molecule has 3 atom stereocenters. The lowest BCUT2D eigenvalue weighted by Crippen LogP contribution is -2.46. The van der Waals surface area contributed by atoms with Crippen LogP contribution in [0.1, 0.15) is 62.5 Å². The van der Waals surface area contributed by atoms with Crippen LogP contribution in [0, 0.1) is 13.8 Å². The van der Waals surface area contributed by atoms with Crippen molar-refractivity contribution in [2.75, 3.05) is 13.1 Å². The van der Waals surface area contributed by atoms with E-state index in [0.717, 1.165) is 12.6 Å². The van der Waals surface area contributed by atoms with E-state index in [1.807, 2.05) is 0 Å². The van der Waals surface area contributed by atoms with E-state index < -0.39 is 0 Å². The molecule has 21 heavy (non-hydrogen) atoms. The quantitative estimate of drug-likeness (QED) is 0.925. The number of nitrogens with zero attached hydrogens (tertiary/aromatic N) is 3. The normalized spacial score (nSPS) is 27.8. The van der Waals surface area contributed by atoms with Gasteiger partial charge in [-0.2, -0.15) is 5.10 Å². The van der Waals surface area contributed by atoms with E-state index in [1.54, 1.807) is 0 Å². The number of fused-ring (bicyclic) bond motifs is 1. The Bertz CT molecular complexity index is 493. The van der Waals surface area contributed by atoms with Crippen LogP contribution in [-0.4, -0.2) is 39.9 Å². The van der Waals surface area contributed by atoms with Crippen molar-refractivity contribution in [3.8, 4) is 0 Å². The zero-order chi connectivity index (χ0) is 15.0. The summed E-state index contributed by atoms with van der Waals surface area (Å²) in [6.07, 6.45) is 5.41. The largest absolute Gasteiger partial charge is 0.307 e. The Morgan fingerprint density at radius 3 is 2.81 bits per heavy atom. The Labute approximate surface area is 128 Å². The second-order valence-electron chi connectivity index (χ2n) is 6.84. The third-order valence-electron chi connectivity index (χ3n) is 5.48. The molecule has 1 aromatic rings. The molecule has 3 heterocycles. The summed E-state index contributed by atoms with van der Waals surface area (Å²) in [4.78, 5) is 2.69. The summed E-state index contributed by atoms with van der Waals surface area (Å²) in [7, 11) is 0. The van der Waals surface area contributed by atoms with Gasteiger partial charge in [-0.05, 0) is 66.5 Å². The predicted octanol–water partition coefficient (Wildman–Crippen LogP) is 2.80. The summed E-state index contributed by atoms with van der Waals surface area (Å²) in [5.74, 6) is 0. The van der Waals surface area contributed by atoms with Gasteiger partial charge in [0.05, 0.1) is 5.69 Å². The maximum absolute atomic E-state index is 4.66. The van der Waals surface area contributed by atoms with Gasteiger partial charge in [0.2, 0.25) is 0 Å². The first-order valence-corrected chi connectivity index (χ1v) is 8.64. The van der Waals surface area contributed by atoms with Crippen molar-refractivity contribution in [2.45, 2.75) is 78.0 Å². The molecule has 0 saturated carbocycles. The molecule has 2 aliphatic rings. The first kappa shape index (κ1) is 15.0. The van der Waals surface area contributed by atoms with Crippen LogP contribution in [0.4, 0.5) is 0 Å². The second kappa shape index (κ2) is 6.09. The first-order chi connectivity index (χ1) is 10.1. The van der Waals surface area contributed by atoms with Crippen molar-refractivity contribution in [1.29, 1.82) is 0 Å². The zero-order valence-electron chi connectivity index (χ0n) is 14.0. The minimum atomic E-state index is 0.406. The monoisotopic (exact) mass is 290 g/mol. The number of aromatic nitrogens is 2. The number of piperidine rings is 1. The van der Waals surface area contributed by atoms with Gasteiger partial charge >= 0.3 is 0 Å². The fourth-order valence-electron chi connectivity index (χ4n) is 4.46. The van der Waals surface area contributed by atoms with Crippen LogP contribution in [0.3, 0.4) is 0 Å². The zero-order valence-corrected chi connectivity index (χ0v) is 14.0. The summed E-state index contributed by atoms with van der Waals surface area (Å²) < 4.78 is 2.13. The minimum Gasteiger partial charge on any atom is -0.307 e. The van der Waals surface area contributed by atoms with Gasteiger partial charge in [-0.25, -0.2) is 0 Å². The maximum atomic E-state index is 4.66. The van der Waals surface area contributed by atoms with Crippen molar-refractivity contribution >= 4 is 0 Å². The number of nitrogens with one attached hydrogen (secondary N) is 1. The molecule has 3 rings (SSSR count). The van der Waals surface area contributed by atoms with E-state index in [9.17, 15) is 0 Å². The van der Waals surface area contributed by atoms with Gasteiger partial charge in [-0.15, -0.1) is 0 Å². The molecule has 4 heteroatoms. The lowest BCUT2D eigenvalue weighted by Gasteiger charge is -2.36. The minimum absolute atomic E-state index is 0.406. The molecular formula is C17H30N4. The van der Waals surface area contributed by atoms with Crippen LogP contribution in [0.5, 0.6) is 0 Å². The molecular weight excluding hydrogens is 260 g/mol. The Morgan fingerprint density at radius 1 is 1.29 bits per heavy atom. The van der Waals surface area contributed by atoms with Gasteiger partial charge in [-0.1, -0.05) is 0 Å². The molecule has 4 nitrogen and oxygen atoms in total. The van der Waals surface area contributed by atoms with Gasteiger partial charge in [0.1, 0.15) is 0 Å². The van der Waals surface area contributed by atoms with Crippen molar-refractivity contribution < 1.29 is 0 Å². The van der Waals surface area contributed by atoms with Gasteiger partial charge in [0, 0.05) is 35.9 Å². The summed E-state index contributed by atoms with van der Waals surface area (Å²) in [6.45, 7) is 12.4. The van der Waals surface area contributed by atoms with E-state index >= 15 is 0 Å². The number of aryl methyl sites for hydroxylation is 2. The summed E-state index contributed by atoms with van der Waals surface area (Å²) in [5, 5.41) is 8.55. The Kier molecular flexibility index (Phi) is 4.36. The van der Waals surface area contributed by atoms with Crippen LogP contribution in [0.2, 0.25) is 0 Å². The predicted molar refractivity (Wildman–Crippen MR) is 86.5 cm³/mol. The van der Waals surface area contributed by atoms with E-state index in [1.165, 1.54) is 55.7 Å². The SMILES string of the molecule is CCn1nc(C)c(C(C)NC2CCN3CCCC3C2)c1C. The van der Waals surface area contributed by atoms with E-state index in [-0.39, 0.29) is 0 Å². The Hall–Kier alpha value is -0.870. The Morgan fingerprint density at radius 2 is 2.10 bits per heavy atom. The molecule has 0 bridgehead atoms. The van der Waals surface area contributed by atoms with Crippen molar-refractivity contribution in [2.24, 2.45) is 0 Å². The third-order valence-corrected chi connectivity index (χ3v) is 5.48. The lowest BCUT2D eigenvalue weighted by atomic mass is 9.95. The highest BCUT2D eigenvalue weighted by atomic mass is 15.3. The summed E-state index contributed by atoms with van der Waals surface area (Å²) in [5.41, 5.74) is 3.92. The van der Waals surface area contributed by atoms with Gasteiger partial charge in [0.15, 0.2) is 0 Å². The van der Waals surface area contributed by atoms with E-state index in [0.29, 0.717) is 12.1 Å². The number of hydrogen-bond donors (Lipinski definition) is 1. The fourth-order valence-corrected chi connectivity index (χ4v) is 4.46. The van der Waals surface area contributed by atoms with Crippen LogP contribution in [0.25, 0.3) is 0 Å². The van der Waals surface area contributed by atoms with Gasteiger partial charge in [0.25, 0.3) is 0 Å². The van der Waals surface area contributed by atoms with Crippen molar-refractivity contribution in [3.05, 3.63) is 17.0 Å². The van der Waals surface area contributed by atoms with Gasteiger partial charge < -0.3 is 10.2 Å². The highest BCUT2D eigenvalue weighted by Gasteiger charge is 2.32. The highest BCUT2D eigenvalue weighted by molar-refractivity contribution is 5.28. The van der Waals surface area contributed by atoms with E-state index in [4.69, 9.17) is 0 Å². The molecule has 118 valence electrons. The standard InChI is InChI=1S/C17H30N4/c1-5-21-14(4)17(13(3)19-21)12(2)18-15-8-10-20-9-6-7-16(20)11-15/h12,15-16,18H,5-11H2,1-4H3. The smallest absolute Gasteiger partial charge is 0.0644 e. The maximum Gasteiger partial charge on any atom is 0.0644 e. The van der Waals surface area contributed by atoms with E-state index in [2.05, 4.69) is 47.7 Å². The molecule has 1 N–H and O–H groups in total. The average Bonchev–Trinajstić information content (AvgIpc) is 3.02.